The van der Waals surface area contributed by atoms with E-state index in [2.05, 4.69) is 9.88 Å². The molecular formula is C16H20N2O4S. The highest BCUT2D eigenvalue weighted by molar-refractivity contribution is 7.91. The lowest BCUT2D eigenvalue weighted by molar-refractivity contribution is 0.0321. The second-order valence-electron chi connectivity index (χ2n) is 5.55. The molecule has 0 bridgehead atoms. The first-order valence-electron chi connectivity index (χ1n) is 7.56. The van der Waals surface area contributed by atoms with Crippen LogP contribution in [-0.4, -0.2) is 64.0 Å². The number of hydrogen-bond donors (Lipinski definition) is 0. The van der Waals surface area contributed by atoms with Gasteiger partial charge in [-0.3, -0.25) is 4.90 Å². The van der Waals surface area contributed by atoms with Crippen LogP contribution in [0.25, 0.3) is 10.8 Å². The molecule has 1 aromatic carbocycles. The van der Waals surface area contributed by atoms with E-state index in [9.17, 15) is 8.42 Å². The fourth-order valence-electron chi connectivity index (χ4n) is 2.65. The fourth-order valence-corrected chi connectivity index (χ4v) is 3.47. The Labute approximate surface area is 135 Å². The quantitative estimate of drug-likeness (QED) is 0.821. The number of morpholine rings is 1. The van der Waals surface area contributed by atoms with E-state index in [0.29, 0.717) is 17.9 Å². The summed E-state index contributed by atoms with van der Waals surface area (Å²) < 4.78 is 34.9. The molecule has 0 saturated carbocycles. The third kappa shape index (κ3) is 3.80. The zero-order valence-electron chi connectivity index (χ0n) is 13.1. The lowest BCUT2D eigenvalue weighted by Gasteiger charge is -2.26. The summed E-state index contributed by atoms with van der Waals surface area (Å²) in [6, 6.07) is 7.28. The van der Waals surface area contributed by atoms with Crippen molar-refractivity contribution in [1.82, 2.24) is 9.88 Å². The first kappa shape index (κ1) is 16.2. The molecule has 7 heteroatoms. The zero-order chi connectivity index (χ0) is 16.3. The first-order valence-corrected chi connectivity index (χ1v) is 9.45. The van der Waals surface area contributed by atoms with E-state index in [4.69, 9.17) is 9.47 Å². The van der Waals surface area contributed by atoms with Crippen molar-refractivity contribution < 1.29 is 17.9 Å². The Bertz CT molecular complexity index is 786. The molecule has 124 valence electrons. The summed E-state index contributed by atoms with van der Waals surface area (Å²) in [7, 11) is -3.32. The molecule has 1 fully saturated rings. The Morgan fingerprint density at radius 3 is 2.61 bits per heavy atom. The van der Waals surface area contributed by atoms with Crippen LogP contribution in [-0.2, 0) is 14.6 Å². The molecule has 1 saturated heterocycles. The maximum absolute atomic E-state index is 11.9. The molecular weight excluding hydrogens is 316 g/mol. The maximum Gasteiger partial charge on any atom is 0.221 e. The van der Waals surface area contributed by atoms with Crippen molar-refractivity contribution in [3.8, 4) is 5.88 Å². The smallest absolute Gasteiger partial charge is 0.221 e. The highest BCUT2D eigenvalue weighted by atomic mass is 32.2. The summed E-state index contributed by atoms with van der Waals surface area (Å²) in [6.45, 7) is 4.63. The Balaban J connectivity index is 1.79. The van der Waals surface area contributed by atoms with Gasteiger partial charge in [0.2, 0.25) is 5.88 Å². The summed E-state index contributed by atoms with van der Waals surface area (Å²) in [4.78, 5) is 6.72. The van der Waals surface area contributed by atoms with E-state index in [-0.39, 0.29) is 4.90 Å². The molecule has 0 N–H and O–H groups in total. The molecule has 1 aliphatic rings. The number of aromatic nitrogens is 1. The second-order valence-corrected chi connectivity index (χ2v) is 7.53. The lowest BCUT2D eigenvalue weighted by atomic mass is 10.2. The number of rotatable bonds is 5. The Hall–Kier alpha value is -1.70. The van der Waals surface area contributed by atoms with Gasteiger partial charge in [0.15, 0.2) is 9.84 Å². The number of sulfone groups is 1. The summed E-state index contributed by atoms with van der Waals surface area (Å²) in [5.74, 6) is 0.473. The number of hydrogen-bond acceptors (Lipinski definition) is 6. The number of nitrogens with zero attached hydrogens (tertiary/aromatic N) is 2. The molecule has 1 aromatic heterocycles. The molecule has 1 aliphatic heterocycles. The van der Waals surface area contributed by atoms with Gasteiger partial charge in [0.25, 0.3) is 0 Å². The Morgan fingerprint density at radius 2 is 1.91 bits per heavy atom. The summed E-state index contributed by atoms with van der Waals surface area (Å²) in [5.41, 5.74) is 0. The van der Waals surface area contributed by atoms with Gasteiger partial charge in [-0.05, 0) is 6.07 Å². The van der Waals surface area contributed by atoms with Gasteiger partial charge in [-0.25, -0.2) is 13.4 Å². The van der Waals surface area contributed by atoms with Crippen molar-refractivity contribution in [1.29, 1.82) is 0 Å². The third-order valence-electron chi connectivity index (χ3n) is 3.87. The summed E-state index contributed by atoms with van der Waals surface area (Å²) >= 11 is 0. The molecule has 6 nitrogen and oxygen atoms in total. The van der Waals surface area contributed by atoms with E-state index < -0.39 is 9.84 Å². The van der Waals surface area contributed by atoms with Crippen LogP contribution in [0.5, 0.6) is 5.88 Å². The SMILES string of the molecule is CS(=O)(=O)c1cnc(OCCN2CCOCC2)c2ccccc12. The highest BCUT2D eigenvalue weighted by Crippen LogP contribution is 2.28. The average Bonchev–Trinajstić information content (AvgIpc) is 2.55. The molecule has 3 rings (SSSR count). The van der Waals surface area contributed by atoms with Gasteiger partial charge in [0.1, 0.15) is 6.61 Å². The number of ether oxygens (including phenoxy) is 2. The highest BCUT2D eigenvalue weighted by Gasteiger charge is 2.16. The van der Waals surface area contributed by atoms with E-state index in [0.717, 1.165) is 38.2 Å². The lowest BCUT2D eigenvalue weighted by Crippen LogP contribution is -2.38. The van der Waals surface area contributed by atoms with Crippen LogP contribution in [0, 0.1) is 0 Å². The minimum absolute atomic E-state index is 0.230. The van der Waals surface area contributed by atoms with E-state index >= 15 is 0 Å². The maximum atomic E-state index is 11.9. The van der Waals surface area contributed by atoms with Crippen LogP contribution in [0.1, 0.15) is 0 Å². The summed E-state index contributed by atoms with van der Waals surface area (Å²) in [6.07, 6.45) is 2.57. The zero-order valence-corrected chi connectivity index (χ0v) is 13.9. The molecule has 0 amide bonds. The van der Waals surface area contributed by atoms with Crippen molar-refractivity contribution in [3.05, 3.63) is 30.5 Å². The third-order valence-corrected chi connectivity index (χ3v) is 5.00. The number of fused-ring (bicyclic) bond motifs is 1. The van der Waals surface area contributed by atoms with Gasteiger partial charge < -0.3 is 9.47 Å². The molecule has 2 heterocycles. The predicted molar refractivity (Wildman–Crippen MR) is 87.6 cm³/mol. The van der Waals surface area contributed by atoms with Crippen LogP contribution in [0.2, 0.25) is 0 Å². The predicted octanol–water partition coefficient (Wildman–Crippen LogP) is 1.35. The van der Waals surface area contributed by atoms with E-state index in [1.165, 1.54) is 12.5 Å². The largest absolute Gasteiger partial charge is 0.476 e. The Kier molecular flexibility index (Phi) is 4.79. The standard InChI is InChI=1S/C16H20N2O4S/c1-23(19,20)15-12-17-16(14-5-3-2-4-13(14)15)22-11-8-18-6-9-21-10-7-18/h2-5,12H,6-11H2,1H3. The van der Waals surface area contributed by atoms with Crippen molar-refractivity contribution in [2.24, 2.45) is 0 Å². The molecule has 2 aromatic rings. The van der Waals surface area contributed by atoms with Gasteiger partial charge in [-0.2, -0.15) is 0 Å². The van der Waals surface area contributed by atoms with Gasteiger partial charge in [0, 0.05) is 36.7 Å². The molecule has 23 heavy (non-hydrogen) atoms. The summed E-state index contributed by atoms with van der Waals surface area (Å²) in [5, 5.41) is 1.36. The average molecular weight is 336 g/mol. The van der Waals surface area contributed by atoms with Crippen LogP contribution in [0.3, 0.4) is 0 Å². The van der Waals surface area contributed by atoms with E-state index in [1.54, 1.807) is 6.07 Å². The molecule has 0 spiro atoms. The van der Waals surface area contributed by atoms with Crippen LogP contribution < -0.4 is 4.74 Å². The number of pyridine rings is 1. The minimum atomic E-state index is -3.32. The van der Waals surface area contributed by atoms with E-state index in [1.807, 2.05) is 18.2 Å². The fraction of sp³-hybridized carbons (Fsp3) is 0.438. The first-order chi connectivity index (χ1) is 11.1. The van der Waals surface area contributed by atoms with Crippen LogP contribution >= 0.6 is 0 Å². The van der Waals surface area contributed by atoms with Crippen molar-refractivity contribution in [2.45, 2.75) is 4.90 Å². The topological polar surface area (TPSA) is 68.7 Å². The Morgan fingerprint density at radius 1 is 1.22 bits per heavy atom. The monoisotopic (exact) mass is 336 g/mol. The normalized spacial score (nSPS) is 16.6. The van der Waals surface area contributed by atoms with Crippen molar-refractivity contribution >= 4 is 20.6 Å². The van der Waals surface area contributed by atoms with Crippen molar-refractivity contribution in [2.75, 3.05) is 45.7 Å². The van der Waals surface area contributed by atoms with Gasteiger partial charge in [-0.1, -0.05) is 18.2 Å². The number of benzene rings is 1. The molecule has 0 unspecified atom stereocenters. The second kappa shape index (κ2) is 6.82. The molecule has 0 atom stereocenters. The van der Waals surface area contributed by atoms with Crippen LogP contribution in [0.4, 0.5) is 0 Å². The van der Waals surface area contributed by atoms with Gasteiger partial charge >= 0.3 is 0 Å². The van der Waals surface area contributed by atoms with Crippen LogP contribution in [0.15, 0.2) is 35.4 Å². The molecule has 0 aliphatic carbocycles. The minimum Gasteiger partial charge on any atom is -0.476 e. The van der Waals surface area contributed by atoms with Gasteiger partial charge in [-0.15, -0.1) is 0 Å². The van der Waals surface area contributed by atoms with Crippen molar-refractivity contribution in [3.63, 3.8) is 0 Å². The molecule has 0 radical (unpaired) electrons. The van der Waals surface area contributed by atoms with Gasteiger partial charge in [0.05, 0.1) is 24.3 Å².